The number of halogens is 1. The van der Waals surface area contributed by atoms with Crippen molar-refractivity contribution in [1.29, 1.82) is 0 Å². The number of nitrogens with one attached hydrogen (secondary N) is 2. The first-order valence-corrected chi connectivity index (χ1v) is 9.83. The van der Waals surface area contributed by atoms with Gasteiger partial charge in [-0.05, 0) is 29.5 Å². The Kier molecular flexibility index (Phi) is 4.90. The van der Waals surface area contributed by atoms with E-state index in [2.05, 4.69) is 41.9 Å². The van der Waals surface area contributed by atoms with Gasteiger partial charge >= 0.3 is 0 Å². The molecule has 0 aliphatic carbocycles. The number of hydrogen-bond donors (Lipinski definition) is 2. The standard InChI is InChI=1S/C21H18ClN7O/c22-17-8-2-1-5-15(17)12-30-19-14(6-3-7-16(19)20-25-27-28-26-20)11-29-13-24-21-18(29)9-4-10-23-21/h1-10H,11-13H2,(H,23,24)(H,25,26,27,28). The van der Waals surface area contributed by atoms with E-state index >= 15 is 0 Å². The summed E-state index contributed by atoms with van der Waals surface area (Å²) in [6.07, 6.45) is 1.78. The third-order valence-electron chi connectivity index (χ3n) is 4.94. The maximum absolute atomic E-state index is 6.32. The zero-order valence-electron chi connectivity index (χ0n) is 15.9. The summed E-state index contributed by atoms with van der Waals surface area (Å²) in [5.41, 5.74) is 3.74. The molecule has 0 amide bonds. The van der Waals surface area contributed by atoms with Gasteiger partial charge in [0.15, 0.2) is 5.82 Å². The molecule has 5 rings (SSSR count). The molecular formula is C21H18ClN7O. The van der Waals surface area contributed by atoms with Gasteiger partial charge in [0.05, 0.1) is 17.9 Å². The summed E-state index contributed by atoms with van der Waals surface area (Å²) < 4.78 is 6.29. The number of rotatable bonds is 6. The van der Waals surface area contributed by atoms with Crippen LogP contribution in [0.2, 0.25) is 5.02 Å². The Bertz CT molecular complexity index is 1170. The van der Waals surface area contributed by atoms with Crippen LogP contribution in [0.5, 0.6) is 5.75 Å². The number of tetrazole rings is 1. The normalized spacial score (nSPS) is 12.5. The summed E-state index contributed by atoms with van der Waals surface area (Å²) in [5, 5.41) is 18.5. The number of aromatic amines is 1. The highest BCUT2D eigenvalue weighted by molar-refractivity contribution is 6.31. The highest BCUT2D eigenvalue weighted by atomic mass is 35.5. The van der Waals surface area contributed by atoms with Crippen molar-refractivity contribution in [3.8, 4) is 17.1 Å². The van der Waals surface area contributed by atoms with Crippen LogP contribution in [0.1, 0.15) is 11.1 Å². The molecule has 1 aliphatic rings. The Hall–Kier alpha value is -3.65. The summed E-state index contributed by atoms with van der Waals surface area (Å²) in [4.78, 5) is 6.59. The summed E-state index contributed by atoms with van der Waals surface area (Å²) >= 11 is 6.32. The van der Waals surface area contributed by atoms with Gasteiger partial charge in [0.1, 0.15) is 12.4 Å². The number of ether oxygens (including phenoxy) is 1. The molecule has 0 fully saturated rings. The fourth-order valence-corrected chi connectivity index (χ4v) is 3.68. The number of anilines is 2. The summed E-state index contributed by atoms with van der Waals surface area (Å²) in [6.45, 7) is 1.63. The van der Waals surface area contributed by atoms with E-state index in [1.165, 1.54) is 0 Å². The summed E-state index contributed by atoms with van der Waals surface area (Å²) in [6, 6.07) is 17.6. The molecule has 2 N–H and O–H groups in total. The molecular weight excluding hydrogens is 402 g/mol. The maximum atomic E-state index is 6.32. The Labute approximate surface area is 177 Å². The average molecular weight is 420 g/mol. The van der Waals surface area contributed by atoms with Crippen molar-refractivity contribution in [1.82, 2.24) is 25.6 Å². The number of nitrogens with zero attached hydrogens (tertiary/aromatic N) is 5. The van der Waals surface area contributed by atoms with E-state index in [-0.39, 0.29) is 0 Å². The van der Waals surface area contributed by atoms with Crippen molar-refractivity contribution in [3.63, 3.8) is 0 Å². The smallest absolute Gasteiger partial charge is 0.208 e. The molecule has 0 saturated carbocycles. The van der Waals surface area contributed by atoms with Crippen LogP contribution < -0.4 is 15.0 Å². The van der Waals surface area contributed by atoms with Gasteiger partial charge in [-0.25, -0.2) is 4.98 Å². The molecule has 8 nitrogen and oxygen atoms in total. The van der Waals surface area contributed by atoms with E-state index in [9.17, 15) is 0 Å². The van der Waals surface area contributed by atoms with Crippen molar-refractivity contribution >= 4 is 23.1 Å². The Morgan fingerprint density at radius 1 is 1.03 bits per heavy atom. The Morgan fingerprint density at radius 3 is 2.80 bits per heavy atom. The van der Waals surface area contributed by atoms with Crippen LogP contribution in [0.3, 0.4) is 0 Å². The van der Waals surface area contributed by atoms with Crippen LogP contribution in [-0.2, 0) is 13.2 Å². The minimum atomic E-state index is 0.331. The topological polar surface area (TPSA) is 91.9 Å². The predicted molar refractivity (Wildman–Crippen MR) is 114 cm³/mol. The first kappa shape index (κ1) is 18.4. The van der Waals surface area contributed by atoms with E-state index < -0.39 is 0 Å². The summed E-state index contributed by atoms with van der Waals surface area (Å²) in [5.74, 6) is 2.06. The number of hydrogen-bond acceptors (Lipinski definition) is 7. The quantitative estimate of drug-likeness (QED) is 0.490. The molecule has 0 saturated heterocycles. The van der Waals surface area contributed by atoms with Gasteiger partial charge in [0.25, 0.3) is 0 Å². The molecule has 3 heterocycles. The van der Waals surface area contributed by atoms with Crippen molar-refractivity contribution < 1.29 is 4.74 Å². The van der Waals surface area contributed by atoms with Crippen molar-refractivity contribution in [3.05, 3.63) is 76.9 Å². The fraction of sp³-hybridized carbons (Fsp3) is 0.143. The van der Waals surface area contributed by atoms with E-state index in [0.717, 1.165) is 28.2 Å². The molecule has 0 unspecified atom stereocenters. The number of benzene rings is 2. The number of aromatic nitrogens is 5. The van der Waals surface area contributed by atoms with Gasteiger partial charge in [-0.2, -0.15) is 5.21 Å². The molecule has 0 atom stereocenters. The first-order valence-electron chi connectivity index (χ1n) is 9.45. The van der Waals surface area contributed by atoms with Gasteiger partial charge in [-0.3, -0.25) is 0 Å². The first-order chi connectivity index (χ1) is 14.8. The van der Waals surface area contributed by atoms with Crippen LogP contribution in [0.25, 0.3) is 11.4 Å². The second kappa shape index (κ2) is 8.00. The predicted octanol–water partition coefficient (Wildman–Crippen LogP) is 3.88. The SMILES string of the molecule is Clc1ccccc1COc1c(CN2CNc3ncccc32)cccc1-c1nn[nH]n1. The highest BCUT2D eigenvalue weighted by Gasteiger charge is 2.22. The van der Waals surface area contributed by atoms with Gasteiger partial charge in [-0.15, -0.1) is 10.2 Å². The van der Waals surface area contributed by atoms with Crippen LogP contribution in [-0.4, -0.2) is 32.3 Å². The molecule has 4 aromatic rings. The van der Waals surface area contributed by atoms with Crippen molar-refractivity contribution in [2.24, 2.45) is 0 Å². The van der Waals surface area contributed by atoms with Crippen molar-refractivity contribution in [2.45, 2.75) is 13.2 Å². The highest BCUT2D eigenvalue weighted by Crippen LogP contribution is 2.36. The molecule has 0 bridgehead atoms. The second-order valence-electron chi connectivity index (χ2n) is 6.81. The van der Waals surface area contributed by atoms with Gasteiger partial charge < -0.3 is 15.0 Å². The summed E-state index contributed by atoms with van der Waals surface area (Å²) in [7, 11) is 0. The van der Waals surface area contributed by atoms with E-state index in [0.29, 0.717) is 36.4 Å². The Morgan fingerprint density at radius 2 is 1.93 bits per heavy atom. The van der Waals surface area contributed by atoms with E-state index in [4.69, 9.17) is 16.3 Å². The number of pyridine rings is 1. The molecule has 1 aliphatic heterocycles. The number of H-pyrrole nitrogens is 1. The fourth-order valence-electron chi connectivity index (χ4n) is 3.49. The van der Waals surface area contributed by atoms with E-state index in [1.807, 2.05) is 48.5 Å². The van der Waals surface area contributed by atoms with Crippen LogP contribution in [0.15, 0.2) is 60.8 Å². The van der Waals surface area contributed by atoms with E-state index in [1.54, 1.807) is 6.20 Å². The minimum Gasteiger partial charge on any atom is -0.488 e. The largest absolute Gasteiger partial charge is 0.488 e. The number of fused-ring (bicyclic) bond motifs is 1. The minimum absolute atomic E-state index is 0.331. The monoisotopic (exact) mass is 419 g/mol. The van der Waals surface area contributed by atoms with Gasteiger partial charge in [0.2, 0.25) is 5.82 Å². The van der Waals surface area contributed by atoms with Gasteiger partial charge in [0, 0.05) is 28.9 Å². The average Bonchev–Trinajstić information content (AvgIpc) is 3.44. The lowest BCUT2D eigenvalue weighted by atomic mass is 10.1. The molecule has 150 valence electrons. The zero-order chi connectivity index (χ0) is 20.3. The second-order valence-corrected chi connectivity index (χ2v) is 7.22. The molecule has 30 heavy (non-hydrogen) atoms. The third kappa shape index (κ3) is 3.53. The molecule has 0 spiro atoms. The zero-order valence-corrected chi connectivity index (χ0v) is 16.7. The lowest BCUT2D eigenvalue weighted by molar-refractivity contribution is 0.304. The molecule has 0 radical (unpaired) electrons. The van der Waals surface area contributed by atoms with Crippen LogP contribution in [0.4, 0.5) is 11.5 Å². The lowest BCUT2D eigenvalue weighted by Gasteiger charge is -2.21. The van der Waals surface area contributed by atoms with Gasteiger partial charge in [-0.1, -0.05) is 41.9 Å². The lowest BCUT2D eigenvalue weighted by Crippen LogP contribution is -2.22. The molecule has 9 heteroatoms. The van der Waals surface area contributed by atoms with Crippen molar-refractivity contribution in [2.75, 3.05) is 16.9 Å². The maximum Gasteiger partial charge on any atom is 0.208 e. The molecule has 2 aromatic carbocycles. The molecule has 2 aromatic heterocycles. The third-order valence-corrected chi connectivity index (χ3v) is 5.31. The van der Waals surface area contributed by atoms with Crippen LogP contribution in [0, 0.1) is 0 Å². The Balaban J connectivity index is 1.49. The number of para-hydroxylation sites is 1. The van der Waals surface area contributed by atoms with Crippen LogP contribution >= 0.6 is 11.6 Å².